The molecule has 1 fully saturated rings. The van der Waals surface area contributed by atoms with Crippen LogP contribution in [0.5, 0.6) is 0 Å². The smallest absolute Gasteiger partial charge is 0.222 e. The molecule has 1 aliphatic carbocycles. The van der Waals surface area contributed by atoms with Crippen LogP contribution < -0.4 is 11.1 Å². The van der Waals surface area contributed by atoms with Gasteiger partial charge < -0.3 is 11.1 Å². The van der Waals surface area contributed by atoms with Crippen LogP contribution in [0.4, 0.5) is 0 Å². The number of carbonyl (C=O) groups excluding carboxylic acids is 1. The second kappa shape index (κ2) is 6.70. The van der Waals surface area contributed by atoms with Crippen molar-refractivity contribution in [2.24, 2.45) is 11.7 Å². The van der Waals surface area contributed by atoms with Crippen molar-refractivity contribution in [2.75, 3.05) is 0 Å². The summed E-state index contributed by atoms with van der Waals surface area (Å²) in [5, 5.41) is 7.86. The largest absolute Gasteiger partial charge is 0.369 e. The monoisotopic (exact) mass is 299 g/mol. The van der Waals surface area contributed by atoms with E-state index in [1.807, 2.05) is 30.3 Å². The fourth-order valence-corrected chi connectivity index (χ4v) is 3.02. The van der Waals surface area contributed by atoms with Gasteiger partial charge in [-0.25, -0.2) is 9.67 Å². The highest BCUT2D eigenvalue weighted by molar-refractivity contribution is 5.77. The Labute approximate surface area is 129 Å². The number of nitrogens with two attached hydrogens (primary N) is 1. The summed E-state index contributed by atoms with van der Waals surface area (Å²) >= 11 is 0. The zero-order valence-corrected chi connectivity index (χ0v) is 12.5. The summed E-state index contributed by atoms with van der Waals surface area (Å²) in [6, 6.07) is 10.0. The van der Waals surface area contributed by atoms with Crippen LogP contribution in [0.15, 0.2) is 36.7 Å². The third-order valence-corrected chi connectivity index (χ3v) is 4.21. The Balaban J connectivity index is 1.62. The van der Waals surface area contributed by atoms with Gasteiger partial charge in [-0.15, -0.1) is 5.10 Å². The molecule has 6 nitrogen and oxygen atoms in total. The van der Waals surface area contributed by atoms with Crippen LogP contribution in [0.2, 0.25) is 0 Å². The number of aromatic nitrogens is 3. The molecule has 1 amide bonds. The number of amides is 1. The molecule has 0 spiro atoms. The zero-order valence-electron chi connectivity index (χ0n) is 12.5. The predicted octanol–water partition coefficient (Wildman–Crippen LogP) is 1.40. The Hall–Kier alpha value is -2.21. The number of hydrogen-bond donors (Lipinski definition) is 2. The first-order valence-corrected chi connectivity index (χ1v) is 7.72. The minimum atomic E-state index is -0.208. The molecule has 116 valence electrons. The number of benzene rings is 1. The lowest BCUT2D eigenvalue weighted by Crippen LogP contribution is -2.44. The SMILES string of the molecule is NC(=O)[C@H]1CCCC[C@@H]1NCc1ncn(-c2ccccc2)n1. The van der Waals surface area contributed by atoms with Crippen molar-refractivity contribution in [1.29, 1.82) is 0 Å². The number of rotatable bonds is 5. The van der Waals surface area contributed by atoms with Crippen LogP contribution in [-0.4, -0.2) is 26.7 Å². The topological polar surface area (TPSA) is 85.8 Å². The second-order valence-corrected chi connectivity index (χ2v) is 5.72. The number of primary amides is 1. The van der Waals surface area contributed by atoms with E-state index < -0.39 is 0 Å². The Morgan fingerprint density at radius 3 is 2.82 bits per heavy atom. The average Bonchev–Trinajstić information content (AvgIpc) is 3.03. The molecule has 1 heterocycles. The van der Waals surface area contributed by atoms with Crippen molar-refractivity contribution in [3.05, 3.63) is 42.5 Å². The maximum Gasteiger partial charge on any atom is 0.222 e. The fourth-order valence-electron chi connectivity index (χ4n) is 3.02. The molecule has 22 heavy (non-hydrogen) atoms. The van der Waals surface area contributed by atoms with E-state index in [9.17, 15) is 4.79 Å². The predicted molar refractivity (Wildman–Crippen MR) is 83.1 cm³/mol. The molecular formula is C16H21N5O. The summed E-state index contributed by atoms with van der Waals surface area (Å²) in [4.78, 5) is 15.8. The minimum absolute atomic E-state index is 0.0787. The van der Waals surface area contributed by atoms with Crippen LogP contribution in [-0.2, 0) is 11.3 Å². The molecule has 1 aromatic carbocycles. The van der Waals surface area contributed by atoms with Crippen molar-refractivity contribution in [1.82, 2.24) is 20.1 Å². The van der Waals surface area contributed by atoms with Crippen LogP contribution in [0.3, 0.4) is 0 Å². The quantitative estimate of drug-likeness (QED) is 0.874. The van der Waals surface area contributed by atoms with Gasteiger partial charge in [0.05, 0.1) is 18.2 Å². The van der Waals surface area contributed by atoms with Gasteiger partial charge in [-0.05, 0) is 25.0 Å². The van der Waals surface area contributed by atoms with Gasteiger partial charge >= 0.3 is 0 Å². The van der Waals surface area contributed by atoms with Gasteiger partial charge in [0, 0.05) is 6.04 Å². The summed E-state index contributed by atoms with van der Waals surface area (Å²) in [5.74, 6) is 0.433. The fraction of sp³-hybridized carbons (Fsp3) is 0.438. The minimum Gasteiger partial charge on any atom is -0.369 e. The van der Waals surface area contributed by atoms with Gasteiger partial charge in [0.2, 0.25) is 5.91 Å². The molecule has 2 aromatic rings. The van der Waals surface area contributed by atoms with Crippen LogP contribution in [0.25, 0.3) is 5.69 Å². The molecule has 1 aliphatic rings. The standard InChI is InChI=1S/C16H21N5O/c17-16(22)13-8-4-5-9-14(13)18-10-15-19-11-21(20-15)12-6-2-1-3-7-12/h1-3,6-7,11,13-14,18H,4-5,8-10H2,(H2,17,22)/t13-,14-/m0/s1. The lowest BCUT2D eigenvalue weighted by atomic mass is 9.84. The van der Waals surface area contributed by atoms with E-state index in [1.54, 1.807) is 11.0 Å². The normalized spacial score (nSPS) is 21.6. The molecule has 0 bridgehead atoms. The van der Waals surface area contributed by atoms with Gasteiger partial charge in [-0.3, -0.25) is 4.79 Å². The van der Waals surface area contributed by atoms with Crippen molar-refractivity contribution < 1.29 is 4.79 Å². The lowest BCUT2D eigenvalue weighted by molar-refractivity contribution is -0.123. The van der Waals surface area contributed by atoms with Gasteiger partial charge in [0.1, 0.15) is 6.33 Å². The third-order valence-electron chi connectivity index (χ3n) is 4.21. The molecule has 2 atom stereocenters. The van der Waals surface area contributed by atoms with E-state index in [2.05, 4.69) is 15.4 Å². The van der Waals surface area contributed by atoms with Crippen molar-refractivity contribution in [3.63, 3.8) is 0 Å². The molecule has 3 N–H and O–H groups in total. The molecule has 1 saturated carbocycles. The van der Waals surface area contributed by atoms with Gasteiger partial charge in [-0.2, -0.15) is 0 Å². The number of nitrogens with one attached hydrogen (secondary N) is 1. The van der Waals surface area contributed by atoms with Gasteiger partial charge in [0.15, 0.2) is 5.82 Å². The average molecular weight is 299 g/mol. The first kappa shape index (κ1) is 14.7. The second-order valence-electron chi connectivity index (χ2n) is 5.72. The maximum absolute atomic E-state index is 11.5. The Bertz CT molecular complexity index is 624. The highest BCUT2D eigenvalue weighted by Gasteiger charge is 2.29. The number of nitrogens with zero attached hydrogens (tertiary/aromatic N) is 3. The summed E-state index contributed by atoms with van der Waals surface area (Å²) in [6.45, 7) is 0.550. The van der Waals surface area contributed by atoms with Gasteiger partial charge in [-0.1, -0.05) is 31.0 Å². The first-order chi connectivity index (χ1) is 10.7. The number of hydrogen-bond acceptors (Lipinski definition) is 4. The molecule has 1 aromatic heterocycles. The van der Waals surface area contributed by atoms with Crippen LogP contribution in [0, 0.1) is 5.92 Å². The Morgan fingerprint density at radius 2 is 2.05 bits per heavy atom. The van der Waals surface area contributed by atoms with E-state index in [4.69, 9.17) is 5.73 Å². The molecule has 0 aliphatic heterocycles. The molecule has 0 unspecified atom stereocenters. The van der Waals surface area contributed by atoms with E-state index in [1.165, 1.54) is 0 Å². The molecule has 3 rings (SSSR count). The molecule has 6 heteroatoms. The summed E-state index contributed by atoms with van der Waals surface area (Å²) in [6.07, 6.45) is 5.77. The van der Waals surface area contributed by atoms with Crippen molar-refractivity contribution in [3.8, 4) is 5.69 Å². The van der Waals surface area contributed by atoms with E-state index in [0.29, 0.717) is 6.54 Å². The summed E-state index contributed by atoms with van der Waals surface area (Å²) in [7, 11) is 0. The van der Waals surface area contributed by atoms with E-state index in [-0.39, 0.29) is 17.9 Å². The van der Waals surface area contributed by atoms with Gasteiger partial charge in [0.25, 0.3) is 0 Å². The lowest BCUT2D eigenvalue weighted by Gasteiger charge is -2.29. The van der Waals surface area contributed by atoms with Crippen molar-refractivity contribution >= 4 is 5.91 Å². The Morgan fingerprint density at radius 1 is 1.27 bits per heavy atom. The maximum atomic E-state index is 11.5. The molecule has 0 saturated heterocycles. The third kappa shape index (κ3) is 3.33. The summed E-state index contributed by atoms with van der Waals surface area (Å²) in [5.41, 5.74) is 6.47. The zero-order chi connectivity index (χ0) is 15.4. The number of para-hydroxylation sites is 1. The highest BCUT2D eigenvalue weighted by atomic mass is 16.1. The van der Waals surface area contributed by atoms with E-state index in [0.717, 1.165) is 37.2 Å². The first-order valence-electron chi connectivity index (χ1n) is 7.72. The van der Waals surface area contributed by atoms with E-state index >= 15 is 0 Å². The molecule has 0 radical (unpaired) electrons. The highest BCUT2D eigenvalue weighted by Crippen LogP contribution is 2.24. The number of carbonyl (C=O) groups is 1. The van der Waals surface area contributed by atoms with Crippen LogP contribution in [0.1, 0.15) is 31.5 Å². The molecular weight excluding hydrogens is 278 g/mol. The summed E-state index contributed by atoms with van der Waals surface area (Å²) < 4.78 is 1.75. The Kier molecular flexibility index (Phi) is 4.48. The van der Waals surface area contributed by atoms with Crippen LogP contribution >= 0.6 is 0 Å². The van der Waals surface area contributed by atoms with Crippen molar-refractivity contribution in [2.45, 2.75) is 38.3 Å².